The fraction of sp³-hybridized carbons (Fsp3) is 0.190. The van der Waals surface area contributed by atoms with Gasteiger partial charge in [-0.25, -0.2) is 9.78 Å². The number of thiazole rings is 1. The molecule has 0 saturated carbocycles. The number of aryl methyl sites for hydroxylation is 1. The van der Waals surface area contributed by atoms with Gasteiger partial charge in [-0.05, 0) is 38.1 Å². The Bertz CT molecular complexity index is 1200. The Morgan fingerprint density at radius 1 is 1.25 bits per heavy atom. The molecule has 0 fully saturated rings. The molecule has 0 aliphatic carbocycles. The molecule has 1 N–H and O–H groups in total. The molecule has 0 radical (unpaired) electrons. The van der Waals surface area contributed by atoms with Crippen LogP contribution in [0, 0.1) is 17.0 Å². The molecule has 1 unspecified atom stereocenters. The number of rotatable bonds is 7. The summed E-state index contributed by atoms with van der Waals surface area (Å²) in [7, 11) is 1.37. The summed E-state index contributed by atoms with van der Waals surface area (Å²) < 4.78 is 10.2. The number of halogens is 1. The lowest BCUT2D eigenvalue weighted by Crippen LogP contribution is -2.30. The lowest BCUT2D eigenvalue weighted by Gasteiger charge is -2.13. The summed E-state index contributed by atoms with van der Waals surface area (Å²) in [5.74, 6) is -1.17. The number of hydrogen-bond donors (Lipinski definition) is 1. The van der Waals surface area contributed by atoms with Crippen molar-refractivity contribution >= 4 is 46.2 Å². The van der Waals surface area contributed by atoms with Crippen molar-refractivity contribution in [3.8, 4) is 16.3 Å². The highest BCUT2D eigenvalue weighted by Gasteiger charge is 2.25. The van der Waals surface area contributed by atoms with Gasteiger partial charge in [0, 0.05) is 10.6 Å². The van der Waals surface area contributed by atoms with Crippen LogP contribution in [0.15, 0.2) is 42.5 Å². The number of esters is 1. The summed E-state index contributed by atoms with van der Waals surface area (Å²) in [4.78, 5) is 40.4. The molecule has 3 rings (SSSR count). The van der Waals surface area contributed by atoms with Gasteiger partial charge < -0.3 is 14.8 Å². The minimum Gasteiger partial charge on any atom is -0.496 e. The molecule has 11 heteroatoms. The Labute approximate surface area is 192 Å². The summed E-state index contributed by atoms with van der Waals surface area (Å²) in [6.07, 6.45) is -1.21. The van der Waals surface area contributed by atoms with Crippen molar-refractivity contribution in [3.05, 3.63) is 68.2 Å². The molecule has 0 aliphatic rings. The van der Waals surface area contributed by atoms with E-state index in [4.69, 9.17) is 21.1 Å². The normalized spacial score (nSPS) is 11.5. The van der Waals surface area contributed by atoms with E-state index in [1.54, 1.807) is 25.1 Å². The molecule has 166 valence electrons. The Morgan fingerprint density at radius 2 is 2.00 bits per heavy atom. The Balaban J connectivity index is 1.72. The Morgan fingerprint density at radius 3 is 2.66 bits per heavy atom. The van der Waals surface area contributed by atoms with E-state index in [2.05, 4.69) is 10.3 Å². The zero-order valence-electron chi connectivity index (χ0n) is 17.2. The summed E-state index contributed by atoms with van der Waals surface area (Å²) >= 11 is 7.13. The van der Waals surface area contributed by atoms with E-state index < -0.39 is 22.9 Å². The van der Waals surface area contributed by atoms with Crippen LogP contribution in [0.4, 0.5) is 11.4 Å². The minimum absolute atomic E-state index is 0.0408. The predicted molar refractivity (Wildman–Crippen MR) is 120 cm³/mol. The molecule has 9 nitrogen and oxygen atoms in total. The molecule has 32 heavy (non-hydrogen) atoms. The maximum atomic E-state index is 12.6. The van der Waals surface area contributed by atoms with Crippen LogP contribution in [-0.4, -0.2) is 35.0 Å². The van der Waals surface area contributed by atoms with Gasteiger partial charge >= 0.3 is 5.97 Å². The number of nitro groups is 1. The lowest BCUT2D eigenvalue weighted by atomic mass is 10.2. The summed E-state index contributed by atoms with van der Waals surface area (Å²) in [6, 6.07) is 11.0. The molecule has 0 spiro atoms. The van der Waals surface area contributed by atoms with Crippen molar-refractivity contribution < 1.29 is 24.0 Å². The van der Waals surface area contributed by atoms with E-state index in [-0.39, 0.29) is 22.0 Å². The van der Waals surface area contributed by atoms with Crippen molar-refractivity contribution in [1.82, 2.24) is 4.98 Å². The predicted octanol–water partition coefficient (Wildman–Crippen LogP) is 4.87. The van der Waals surface area contributed by atoms with Crippen molar-refractivity contribution in [1.29, 1.82) is 0 Å². The number of carbonyl (C=O) groups is 2. The van der Waals surface area contributed by atoms with E-state index >= 15 is 0 Å². The maximum Gasteiger partial charge on any atom is 0.351 e. The number of ether oxygens (including phenoxy) is 2. The zero-order valence-corrected chi connectivity index (χ0v) is 18.8. The van der Waals surface area contributed by atoms with Gasteiger partial charge in [0.1, 0.15) is 21.3 Å². The standard InChI is InChI=1S/C21H18ClN3O6S/c1-11-18(32-20(23-11)13-5-4-6-14(22)9-13)21(27)31-12(2)19(26)24-16-8-7-15(30-3)10-17(16)25(28)29/h4-10,12H,1-3H3,(H,24,26). The molecule has 3 aromatic rings. The zero-order chi connectivity index (χ0) is 23.4. The molecule has 1 aromatic heterocycles. The van der Waals surface area contributed by atoms with Crippen LogP contribution >= 0.6 is 22.9 Å². The number of hydrogen-bond acceptors (Lipinski definition) is 8. The maximum absolute atomic E-state index is 12.6. The Hall–Kier alpha value is -3.50. The summed E-state index contributed by atoms with van der Waals surface area (Å²) in [5, 5.41) is 14.8. The molecular weight excluding hydrogens is 458 g/mol. The van der Waals surface area contributed by atoms with Crippen molar-refractivity contribution in [2.24, 2.45) is 0 Å². The molecule has 1 atom stereocenters. The second-order valence-corrected chi connectivity index (χ2v) is 8.06. The third-order valence-electron chi connectivity index (χ3n) is 4.37. The minimum atomic E-state index is -1.21. The average Bonchev–Trinajstić information content (AvgIpc) is 3.15. The molecule has 0 aliphatic heterocycles. The van der Waals surface area contributed by atoms with E-state index in [1.807, 2.05) is 6.07 Å². The van der Waals surface area contributed by atoms with Gasteiger partial charge in [0.25, 0.3) is 11.6 Å². The average molecular weight is 476 g/mol. The first-order valence-corrected chi connectivity index (χ1v) is 10.5. The molecule has 1 heterocycles. The third kappa shape index (κ3) is 5.21. The van der Waals surface area contributed by atoms with Gasteiger partial charge in [-0.2, -0.15) is 0 Å². The highest BCUT2D eigenvalue weighted by Crippen LogP contribution is 2.31. The van der Waals surface area contributed by atoms with Crippen LogP contribution < -0.4 is 10.1 Å². The topological polar surface area (TPSA) is 121 Å². The van der Waals surface area contributed by atoms with Gasteiger partial charge in [0.15, 0.2) is 6.10 Å². The number of nitrogens with zero attached hydrogens (tertiary/aromatic N) is 2. The third-order valence-corrected chi connectivity index (χ3v) is 5.79. The van der Waals surface area contributed by atoms with E-state index in [9.17, 15) is 19.7 Å². The first kappa shape index (κ1) is 23.2. The molecule has 0 bridgehead atoms. The number of benzene rings is 2. The van der Waals surface area contributed by atoms with Gasteiger partial charge in [-0.3, -0.25) is 14.9 Å². The number of amides is 1. The highest BCUT2D eigenvalue weighted by atomic mass is 35.5. The van der Waals surface area contributed by atoms with Crippen molar-refractivity contribution in [2.45, 2.75) is 20.0 Å². The van der Waals surface area contributed by atoms with E-state index in [0.717, 1.165) is 16.9 Å². The Kier molecular flexibility index (Phi) is 7.06. The fourth-order valence-electron chi connectivity index (χ4n) is 2.73. The molecular formula is C21H18ClN3O6S. The number of nitrogens with one attached hydrogen (secondary N) is 1. The van der Waals surface area contributed by atoms with Crippen LogP contribution in [0.3, 0.4) is 0 Å². The number of nitro benzene ring substituents is 1. The smallest absolute Gasteiger partial charge is 0.351 e. The van der Waals surface area contributed by atoms with Crippen LogP contribution in [0.2, 0.25) is 5.02 Å². The van der Waals surface area contributed by atoms with Crippen molar-refractivity contribution in [3.63, 3.8) is 0 Å². The molecule has 1 amide bonds. The first-order chi connectivity index (χ1) is 15.2. The van der Waals surface area contributed by atoms with Crippen LogP contribution in [-0.2, 0) is 9.53 Å². The quantitative estimate of drug-likeness (QED) is 0.294. The first-order valence-electron chi connectivity index (χ1n) is 9.27. The monoisotopic (exact) mass is 475 g/mol. The van der Waals surface area contributed by atoms with Gasteiger partial charge in [-0.15, -0.1) is 11.3 Å². The number of anilines is 1. The van der Waals surface area contributed by atoms with E-state index in [1.165, 1.54) is 32.2 Å². The van der Waals surface area contributed by atoms with Crippen LogP contribution in [0.1, 0.15) is 22.3 Å². The van der Waals surface area contributed by atoms with Crippen LogP contribution in [0.5, 0.6) is 5.75 Å². The van der Waals surface area contributed by atoms with E-state index in [0.29, 0.717) is 15.7 Å². The second kappa shape index (κ2) is 9.75. The number of aromatic nitrogens is 1. The number of methoxy groups -OCH3 is 1. The lowest BCUT2D eigenvalue weighted by molar-refractivity contribution is -0.384. The van der Waals surface area contributed by atoms with Gasteiger partial charge in [0.05, 0.1) is 23.8 Å². The molecule has 0 saturated heterocycles. The summed E-state index contributed by atoms with van der Waals surface area (Å²) in [6.45, 7) is 3.03. The van der Waals surface area contributed by atoms with Crippen molar-refractivity contribution in [2.75, 3.05) is 12.4 Å². The second-order valence-electron chi connectivity index (χ2n) is 6.62. The number of carbonyl (C=O) groups excluding carboxylic acids is 2. The summed E-state index contributed by atoms with van der Waals surface area (Å²) in [5.41, 5.74) is 0.817. The van der Waals surface area contributed by atoms with Crippen LogP contribution in [0.25, 0.3) is 10.6 Å². The van der Waals surface area contributed by atoms with Gasteiger partial charge in [-0.1, -0.05) is 23.7 Å². The highest BCUT2D eigenvalue weighted by molar-refractivity contribution is 7.17. The SMILES string of the molecule is COc1ccc(NC(=O)C(C)OC(=O)c2sc(-c3cccc(Cl)c3)nc2C)c([N+](=O)[O-])c1. The van der Waals surface area contributed by atoms with Gasteiger partial charge in [0.2, 0.25) is 0 Å². The fourth-order valence-corrected chi connectivity index (χ4v) is 3.86. The largest absolute Gasteiger partial charge is 0.496 e. The molecule has 2 aromatic carbocycles.